The third kappa shape index (κ3) is 1.90. The quantitative estimate of drug-likeness (QED) is 0.531. The summed E-state index contributed by atoms with van der Waals surface area (Å²) in [5, 5.41) is 4.81. The first kappa shape index (κ1) is 7.39. The van der Waals surface area contributed by atoms with Gasteiger partial charge in [0.15, 0.2) is 0 Å². The molecule has 0 spiro atoms. The van der Waals surface area contributed by atoms with Crippen LogP contribution in [0.25, 0.3) is 0 Å². The molecule has 0 heterocycles. The van der Waals surface area contributed by atoms with E-state index in [0.29, 0.717) is 0 Å². The summed E-state index contributed by atoms with van der Waals surface area (Å²) in [6, 6.07) is 0. The van der Waals surface area contributed by atoms with E-state index in [1.807, 2.05) is 0 Å². The lowest BCUT2D eigenvalue weighted by Gasteiger charge is -1.94. The third-order valence-electron chi connectivity index (χ3n) is 0.617. The van der Waals surface area contributed by atoms with Crippen LogP contribution in [0.5, 0.6) is 0 Å². The maximum absolute atomic E-state index is 10.4. The van der Waals surface area contributed by atoms with Gasteiger partial charge in [0.2, 0.25) is 0 Å². The van der Waals surface area contributed by atoms with E-state index >= 15 is 0 Å². The number of hydrogen-bond donors (Lipinski definition) is 2. The molecule has 1 unspecified atom stereocenters. The van der Waals surface area contributed by atoms with Gasteiger partial charge in [0, 0.05) is 0 Å². The molecule has 0 saturated carbocycles. The molecule has 0 aliphatic carbocycles. The van der Waals surface area contributed by atoms with Crippen molar-refractivity contribution in [2.45, 2.75) is 0 Å². The molecule has 0 aromatic rings. The highest BCUT2D eigenvalue weighted by atomic mass is 32.2. The lowest BCUT2D eigenvalue weighted by Crippen LogP contribution is -2.09. The SMILES string of the molecule is C=CC(=C)S(=N)(N)=O. The summed E-state index contributed by atoms with van der Waals surface area (Å²) < 4.78 is 17.1. The van der Waals surface area contributed by atoms with Gasteiger partial charge in [0.25, 0.3) is 0 Å². The Morgan fingerprint density at radius 2 is 2.25 bits per heavy atom. The van der Waals surface area contributed by atoms with Gasteiger partial charge in [-0.05, 0) is 0 Å². The van der Waals surface area contributed by atoms with Crippen LogP contribution < -0.4 is 5.14 Å². The van der Waals surface area contributed by atoms with Crippen molar-refractivity contribution in [1.82, 2.24) is 0 Å². The first-order chi connectivity index (χ1) is 3.48. The van der Waals surface area contributed by atoms with Gasteiger partial charge >= 0.3 is 0 Å². The van der Waals surface area contributed by atoms with E-state index in [0.717, 1.165) is 0 Å². The monoisotopic (exact) mass is 132 g/mol. The largest absolute Gasteiger partial charge is 0.241 e. The minimum Gasteiger partial charge on any atom is -0.241 e. The fourth-order valence-corrected chi connectivity index (χ4v) is 0.371. The van der Waals surface area contributed by atoms with Crippen LogP contribution in [-0.2, 0) is 9.92 Å². The molecule has 0 radical (unpaired) electrons. The zero-order chi connectivity index (χ0) is 6.78. The molecular weight excluding hydrogens is 124 g/mol. The van der Waals surface area contributed by atoms with Crippen LogP contribution >= 0.6 is 0 Å². The molecule has 0 saturated heterocycles. The molecule has 46 valence electrons. The molecule has 0 fully saturated rings. The van der Waals surface area contributed by atoms with Gasteiger partial charge in [0.1, 0.15) is 9.92 Å². The fourth-order valence-electron chi connectivity index (χ4n) is 0.124. The Labute approximate surface area is 49.0 Å². The van der Waals surface area contributed by atoms with Crippen LogP contribution in [-0.4, -0.2) is 4.21 Å². The minimum atomic E-state index is -3.07. The summed E-state index contributed by atoms with van der Waals surface area (Å²) in [4.78, 5) is 0.0671. The predicted octanol–water partition coefficient (Wildman–Crippen LogP) is 0.607. The number of allylic oxidation sites excluding steroid dienone is 1. The van der Waals surface area contributed by atoms with Gasteiger partial charge in [-0.1, -0.05) is 19.2 Å². The van der Waals surface area contributed by atoms with E-state index < -0.39 is 9.92 Å². The number of rotatable bonds is 2. The Morgan fingerprint density at radius 3 is 2.25 bits per heavy atom. The Kier molecular flexibility index (Phi) is 1.94. The Balaban J connectivity index is 4.53. The molecule has 0 bridgehead atoms. The predicted molar refractivity (Wildman–Crippen MR) is 34.4 cm³/mol. The zero-order valence-electron chi connectivity index (χ0n) is 4.39. The van der Waals surface area contributed by atoms with E-state index in [9.17, 15) is 4.21 Å². The molecule has 0 rings (SSSR count). The van der Waals surface area contributed by atoms with E-state index in [4.69, 9.17) is 9.92 Å². The molecule has 3 nitrogen and oxygen atoms in total. The van der Waals surface area contributed by atoms with Crippen molar-refractivity contribution in [3.63, 3.8) is 0 Å². The molecule has 0 aromatic heterocycles. The van der Waals surface area contributed by atoms with E-state index in [1.165, 1.54) is 6.08 Å². The molecule has 3 N–H and O–H groups in total. The van der Waals surface area contributed by atoms with Crippen LogP contribution in [0.4, 0.5) is 0 Å². The number of hydrogen-bond acceptors (Lipinski definition) is 2. The molecule has 0 amide bonds. The highest BCUT2D eigenvalue weighted by Crippen LogP contribution is 1.96. The van der Waals surface area contributed by atoms with Crippen molar-refractivity contribution in [2.24, 2.45) is 5.14 Å². The first-order valence-electron chi connectivity index (χ1n) is 1.86. The summed E-state index contributed by atoms with van der Waals surface area (Å²) in [6.45, 7) is 6.49. The van der Waals surface area contributed by atoms with Crippen LogP contribution in [0.3, 0.4) is 0 Å². The molecule has 0 aliphatic heterocycles. The second kappa shape index (κ2) is 2.11. The van der Waals surface area contributed by atoms with Gasteiger partial charge in [-0.2, -0.15) is 0 Å². The average Bonchev–Trinajstić information content (AvgIpc) is 1.62. The molecular formula is C4H8N2OS. The van der Waals surface area contributed by atoms with Crippen molar-refractivity contribution < 1.29 is 4.21 Å². The number of nitrogens with two attached hydrogens (primary N) is 1. The summed E-state index contributed by atoms with van der Waals surface area (Å²) in [6.07, 6.45) is 1.22. The second-order valence-electron chi connectivity index (χ2n) is 1.27. The lowest BCUT2D eigenvalue weighted by atomic mass is 10.6. The van der Waals surface area contributed by atoms with Gasteiger partial charge in [-0.15, -0.1) is 0 Å². The second-order valence-corrected chi connectivity index (χ2v) is 3.00. The maximum Gasteiger partial charge on any atom is 0.131 e. The molecule has 8 heavy (non-hydrogen) atoms. The van der Waals surface area contributed by atoms with Crippen LogP contribution in [0.1, 0.15) is 0 Å². The van der Waals surface area contributed by atoms with Crippen LogP contribution in [0.15, 0.2) is 24.1 Å². The highest BCUT2D eigenvalue weighted by molar-refractivity contribution is 7.94. The fraction of sp³-hybridized carbons (Fsp3) is 0. The third-order valence-corrected chi connectivity index (χ3v) is 1.56. The van der Waals surface area contributed by atoms with Crippen LogP contribution in [0.2, 0.25) is 0 Å². The topological polar surface area (TPSA) is 66.9 Å². The molecule has 1 atom stereocenters. The van der Waals surface area contributed by atoms with E-state index in [2.05, 4.69) is 13.2 Å². The summed E-state index contributed by atoms with van der Waals surface area (Å²) in [7, 11) is -3.07. The maximum atomic E-state index is 10.4. The average molecular weight is 132 g/mol. The van der Waals surface area contributed by atoms with Gasteiger partial charge in [-0.25, -0.2) is 14.1 Å². The van der Waals surface area contributed by atoms with E-state index in [-0.39, 0.29) is 4.91 Å². The Morgan fingerprint density at radius 1 is 1.88 bits per heavy atom. The van der Waals surface area contributed by atoms with Gasteiger partial charge < -0.3 is 0 Å². The summed E-state index contributed by atoms with van der Waals surface area (Å²) in [5.74, 6) is 0. The van der Waals surface area contributed by atoms with E-state index in [1.54, 1.807) is 0 Å². The van der Waals surface area contributed by atoms with Crippen molar-refractivity contribution in [3.8, 4) is 0 Å². The molecule has 0 aromatic carbocycles. The number of nitrogens with one attached hydrogen (secondary N) is 1. The van der Waals surface area contributed by atoms with Crippen molar-refractivity contribution in [3.05, 3.63) is 24.1 Å². The Bertz CT molecular complexity index is 202. The summed E-state index contributed by atoms with van der Waals surface area (Å²) >= 11 is 0. The minimum absolute atomic E-state index is 0.0671. The smallest absolute Gasteiger partial charge is 0.131 e. The Hall–Kier alpha value is -0.610. The van der Waals surface area contributed by atoms with Crippen molar-refractivity contribution in [2.75, 3.05) is 0 Å². The standard InChI is InChI=1S/C4H8N2OS/c1-3-4(2)8(5,6)7/h3H,1-2H2,(H3,5,6,7). The normalized spacial score (nSPS) is 16.6. The van der Waals surface area contributed by atoms with Gasteiger partial charge in [-0.3, -0.25) is 0 Å². The van der Waals surface area contributed by atoms with Gasteiger partial charge in [0.05, 0.1) is 4.91 Å². The van der Waals surface area contributed by atoms with Crippen molar-refractivity contribution >= 4 is 9.92 Å². The van der Waals surface area contributed by atoms with Crippen molar-refractivity contribution in [1.29, 1.82) is 4.78 Å². The zero-order valence-corrected chi connectivity index (χ0v) is 5.20. The lowest BCUT2D eigenvalue weighted by molar-refractivity contribution is 0.681. The van der Waals surface area contributed by atoms with Crippen LogP contribution in [0, 0.1) is 4.78 Å². The molecule has 4 heteroatoms. The first-order valence-corrected chi connectivity index (χ1v) is 3.48. The summed E-state index contributed by atoms with van der Waals surface area (Å²) in [5.41, 5.74) is 0. The molecule has 0 aliphatic rings. The highest BCUT2D eigenvalue weighted by Gasteiger charge is 1.96.